The highest BCUT2D eigenvalue weighted by molar-refractivity contribution is 7.86. The van der Waals surface area contributed by atoms with E-state index in [2.05, 4.69) is 11.1 Å². The van der Waals surface area contributed by atoms with Crippen LogP contribution in [0.3, 0.4) is 0 Å². The Balaban J connectivity index is 2.13. The van der Waals surface area contributed by atoms with Gasteiger partial charge in [-0.3, -0.25) is 13.3 Å². The lowest BCUT2D eigenvalue weighted by Gasteiger charge is -2.12. The summed E-state index contributed by atoms with van der Waals surface area (Å²) in [5.74, 6) is -0.184. The van der Waals surface area contributed by atoms with Crippen LogP contribution in [0.25, 0.3) is 5.69 Å². The van der Waals surface area contributed by atoms with Crippen LogP contribution in [0.5, 0.6) is 5.88 Å². The van der Waals surface area contributed by atoms with Gasteiger partial charge in [-0.15, -0.1) is 0 Å². The van der Waals surface area contributed by atoms with Gasteiger partial charge in [0.2, 0.25) is 5.88 Å². The molecular formula is C23H34N2O6S. The highest BCUT2D eigenvalue weighted by atomic mass is 32.2. The van der Waals surface area contributed by atoms with Crippen LogP contribution in [0.15, 0.2) is 41.2 Å². The fourth-order valence-corrected chi connectivity index (χ4v) is 4.16. The van der Waals surface area contributed by atoms with E-state index in [1.807, 2.05) is 6.08 Å². The van der Waals surface area contributed by atoms with Gasteiger partial charge in [0.25, 0.3) is 10.1 Å². The van der Waals surface area contributed by atoms with E-state index in [4.69, 9.17) is 0 Å². The van der Waals surface area contributed by atoms with Crippen LogP contribution in [0.1, 0.15) is 62.8 Å². The van der Waals surface area contributed by atoms with Crippen molar-refractivity contribution in [2.45, 2.75) is 58.0 Å². The van der Waals surface area contributed by atoms with Gasteiger partial charge in [0.1, 0.15) is 0 Å². The summed E-state index contributed by atoms with van der Waals surface area (Å²) in [4.78, 5) is 12.7. The zero-order valence-corrected chi connectivity index (χ0v) is 19.8. The second-order valence-electron chi connectivity index (χ2n) is 7.80. The Labute approximate surface area is 189 Å². The molecule has 2 rings (SSSR count). The van der Waals surface area contributed by atoms with Crippen molar-refractivity contribution in [2.24, 2.45) is 7.05 Å². The topological polar surface area (TPSA) is 111 Å². The average molecular weight is 467 g/mol. The molecule has 0 amide bonds. The van der Waals surface area contributed by atoms with E-state index < -0.39 is 16.2 Å². The number of aliphatic hydroxyl groups is 1. The number of allylic oxidation sites excluding steroid dienone is 2. The summed E-state index contributed by atoms with van der Waals surface area (Å²) in [6, 6.07) is 7.14. The van der Waals surface area contributed by atoms with Crippen LogP contribution in [0.4, 0.5) is 0 Å². The number of aromatic nitrogens is 2. The molecule has 32 heavy (non-hydrogen) atoms. The number of aliphatic hydroxyl groups excluding tert-OH is 1. The van der Waals surface area contributed by atoms with Crippen molar-refractivity contribution in [2.75, 3.05) is 12.9 Å². The number of imidazole rings is 1. The minimum absolute atomic E-state index is 0.0637. The molecule has 1 atom stereocenters. The number of nitrogens with zero attached hydrogens (tertiary/aromatic N) is 2. The summed E-state index contributed by atoms with van der Waals surface area (Å²) >= 11 is 0. The van der Waals surface area contributed by atoms with Crippen molar-refractivity contribution in [3.05, 3.63) is 58.2 Å². The number of hydrogen-bond donors (Lipinski definition) is 2. The van der Waals surface area contributed by atoms with Crippen LogP contribution >= 0.6 is 0 Å². The lowest BCUT2D eigenvalue weighted by molar-refractivity contribution is 0.163. The van der Waals surface area contributed by atoms with Gasteiger partial charge in [-0.1, -0.05) is 50.5 Å². The lowest BCUT2D eigenvalue weighted by Crippen LogP contribution is -2.21. The van der Waals surface area contributed by atoms with Crippen molar-refractivity contribution in [3.63, 3.8) is 0 Å². The second-order valence-corrected chi connectivity index (χ2v) is 9.65. The molecule has 1 heterocycles. The van der Waals surface area contributed by atoms with Crippen LogP contribution in [0.2, 0.25) is 0 Å². The third-order valence-electron chi connectivity index (χ3n) is 5.44. The Morgan fingerprint density at radius 2 is 1.81 bits per heavy atom. The number of unbranched alkanes of at least 4 members (excludes halogenated alkanes) is 3. The van der Waals surface area contributed by atoms with E-state index in [0.717, 1.165) is 31.9 Å². The summed E-state index contributed by atoms with van der Waals surface area (Å²) in [5, 5.41) is 20.8. The average Bonchev–Trinajstić information content (AvgIpc) is 2.99. The van der Waals surface area contributed by atoms with Gasteiger partial charge in [0, 0.05) is 13.5 Å². The Kier molecular flexibility index (Phi) is 9.74. The molecule has 0 aliphatic rings. The maximum absolute atomic E-state index is 12.7. The summed E-state index contributed by atoms with van der Waals surface area (Å²) in [6.07, 6.45) is 8.16. The van der Waals surface area contributed by atoms with E-state index in [1.165, 1.54) is 16.2 Å². The summed E-state index contributed by atoms with van der Waals surface area (Å²) in [5.41, 5.74) is 1.47. The predicted octanol–water partition coefficient (Wildman–Crippen LogP) is 3.35. The molecule has 0 aliphatic heterocycles. The molecule has 2 aromatic rings. The van der Waals surface area contributed by atoms with Crippen molar-refractivity contribution in [1.29, 1.82) is 0 Å². The number of rotatable bonds is 13. The van der Waals surface area contributed by atoms with Crippen molar-refractivity contribution < 1.29 is 22.8 Å². The Hall–Kier alpha value is -2.36. The molecule has 2 N–H and O–H groups in total. The van der Waals surface area contributed by atoms with Gasteiger partial charge in [-0.2, -0.15) is 8.42 Å². The van der Waals surface area contributed by atoms with Gasteiger partial charge in [-0.05, 0) is 37.0 Å². The zero-order valence-electron chi connectivity index (χ0n) is 19.0. The fourth-order valence-electron chi connectivity index (χ4n) is 3.47. The third-order valence-corrected chi connectivity index (χ3v) is 6.73. The van der Waals surface area contributed by atoms with Crippen LogP contribution < -0.4 is 5.69 Å². The molecule has 178 valence electrons. The second kappa shape index (κ2) is 12.0. The van der Waals surface area contributed by atoms with Gasteiger partial charge >= 0.3 is 5.69 Å². The third kappa shape index (κ3) is 6.82. The zero-order chi connectivity index (χ0) is 23.7. The molecule has 8 nitrogen and oxygen atoms in total. The highest BCUT2D eigenvalue weighted by Gasteiger charge is 2.18. The summed E-state index contributed by atoms with van der Waals surface area (Å²) in [6.45, 7) is 2.12. The van der Waals surface area contributed by atoms with E-state index in [9.17, 15) is 23.4 Å². The largest absolute Gasteiger partial charge is 0.493 e. The molecule has 0 bridgehead atoms. The lowest BCUT2D eigenvalue weighted by atomic mass is 10.0. The molecule has 1 aromatic carbocycles. The number of aromatic hydroxyl groups is 1. The Bertz CT molecular complexity index is 1050. The standard InChI is InChI=1S/C23H34N2O6S/c1-4-5-8-12-21(26)18-13-15-19(16-14-18)25-20(22(27)24(2)23(25)28)11-9-6-7-10-17-32(29,30)31-3/h6,9,13-16,21,26-27H,4-5,7-8,10-12,17H2,1-3H3. The van der Waals surface area contributed by atoms with E-state index in [1.54, 1.807) is 30.3 Å². The normalized spacial score (nSPS) is 13.1. The fraction of sp³-hybridized carbons (Fsp3) is 0.522. The first-order valence-corrected chi connectivity index (χ1v) is 12.5. The number of benzene rings is 1. The first-order chi connectivity index (χ1) is 15.2. The molecular weight excluding hydrogens is 432 g/mol. The van der Waals surface area contributed by atoms with Crippen LogP contribution in [-0.4, -0.2) is 40.6 Å². The Morgan fingerprint density at radius 1 is 1.12 bits per heavy atom. The van der Waals surface area contributed by atoms with E-state index >= 15 is 0 Å². The molecule has 0 saturated heterocycles. The van der Waals surface area contributed by atoms with Crippen molar-refractivity contribution in [3.8, 4) is 11.6 Å². The molecule has 0 saturated carbocycles. The van der Waals surface area contributed by atoms with Crippen molar-refractivity contribution >= 4 is 10.1 Å². The molecule has 9 heteroatoms. The monoisotopic (exact) mass is 466 g/mol. The van der Waals surface area contributed by atoms with Crippen LogP contribution in [-0.2, 0) is 27.8 Å². The highest BCUT2D eigenvalue weighted by Crippen LogP contribution is 2.24. The van der Waals surface area contributed by atoms with E-state index in [0.29, 0.717) is 37.1 Å². The minimum atomic E-state index is -3.47. The summed E-state index contributed by atoms with van der Waals surface area (Å²) < 4.78 is 29.7. The smallest absolute Gasteiger partial charge is 0.335 e. The molecule has 0 fully saturated rings. The van der Waals surface area contributed by atoms with Crippen LogP contribution in [0, 0.1) is 0 Å². The molecule has 0 radical (unpaired) electrons. The molecule has 1 aromatic heterocycles. The maximum atomic E-state index is 12.7. The summed E-state index contributed by atoms with van der Waals surface area (Å²) in [7, 11) is -0.824. The maximum Gasteiger partial charge on any atom is 0.335 e. The van der Waals surface area contributed by atoms with Gasteiger partial charge in [0.15, 0.2) is 0 Å². The van der Waals surface area contributed by atoms with Gasteiger partial charge < -0.3 is 10.2 Å². The molecule has 0 aliphatic carbocycles. The molecule has 0 spiro atoms. The Morgan fingerprint density at radius 3 is 2.44 bits per heavy atom. The first-order valence-electron chi connectivity index (χ1n) is 10.9. The quantitative estimate of drug-likeness (QED) is 0.266. The minimum Gasteiger partial charge on any atom is -0.493 e. The first kappa shape index (κ1) is 25.9. The number of hydrogen-bond acceptors (Lipinski definition) is 6. The predicted molar refractivity (Wildman–Crippen MR) is 125 cm³/mol. The van der Waals surface area contributed by atoms with E-state index in [-0.39, 0.29) is 17.3 Å². The molecule has 1 unspecified atom stereocenters. The SMILES string of the molecule is CCCCCC(O)c1ccc(-n2c(CC=CCCCS(=O)(=O)OC)c(O)n(C)c2=O)cc1. The van der Waals surface area contributed by atoms with Gasteiger partial charge in [-0.25, -0.2) is 4.79 Å². The van der Waals surface area contributed by atoms with Crippen molar-refractivity contribution in [1.82, 2.24) is 9.13 Å². The van der Waals surface area contributed by atoms with Gasteiger partial charge in [0.05, 0.1) is 30.3 Å².